The first kappa shape index (κ1) is 14.0. The van der Waals surface area contributed by atoms with Crippen LogP contribution in [0.15, 0.2) is 59.2 Å². The van der Waals surface area contributed by atoms with Gasteiger partial charge in [0, 0.05) is 22.8 Å². The van der Waals surface area contributed by atoms with Crippen molar-refractivity contribution in [3.8, 4) is 11.6 Å². The van der Waals surface area contributed by atoms with Crippen molar-refractivity contribution >= 4 is 26.7 Å². The number of nitrogens with zero attached hydrogens (tertiary/aromatic N) is 1. The molecule has 0 amide bonds. The second kappa shape index (κ2) is 5.84. The largest absolute Gasteiger partial charge is 0.439 e. The van der Waals surface area contributed by atoms with E-state index in [9.17, 15) is 0 Å². The van der Waals surface area contributed by atoms with Crippen LogP contribution in [0.25, 0.3) is 10.8 Å². The second-order valence-corrected chi connectivity index (χ2v) is 5.89. The average molecular weight is 343 g/mol. The average Bonchev–Trinajstić information content (AvgIpc) is 2.48. The monoisotopic (exact) mass is 342 g/mol. The zero-order chi connectivity index (χ0) is 14.8. The van der Waals surface area contributed by atoms with Gasteiger partial charge in [0.2, 0.25) is 5.88 Å². The number of aromatic nitrogens is 1. The number of hydrogen-bond donors (Lipinski definition) is 1. The summed E-state index contributed by atoms with van der Waals surface area (Å²) in [5, 5.41) is 2.29. The van der Waals surface area contributed by atoms with Crippen LogP contribution in [0.5, 0.6) is 11.6 Å². The van der Waals surface area contributed by atoms with Crippen LogP contribution >= 0.6 is 15.9 Å². The molecular formula is C17H15BrN2O. The molecule has 2 N–H and O–H groups in total. The second-order valence-electron chi connectivity index (χ2n) is 4.97. The fourth-order valence-corrected chi connectivity index (χ4v) is 2.52. The maximum atomic E-state index is 5.88. The van der Waals surface area contributed by atoms with E-state index in [-0.39, 0.29) is 6.04 Å². The molecule has 1 aromatic heterocycles. The van der Waals surface area contributed by atoms with Gasteiger partial charge in [0.05, 0.1) is 0 Å². The van der Waals surface area contributed by atoms with Gasteiger partial charge >= 0.3 is 0 Å². The van der Waals surface area contributed by atoms with E-state index >= 15 is 0 Å². The van der Waals surface area contributed by atoms with E-state index in [1.54, 1.807) is 6.20 Å². The molecule has 21 heavy (non-hydrogen) atoms. The molecule has 0 aliphatic rings. The molecule has 0 bridgehead atoms. The van der Waals surface area contributed by atoms with Crippen molar-refractivity contribution in [2.24, 2.45) is 5.73 Å². The van der Waals surface area contributed by atoms with Crippen LogP contribution in [-0.2, 0) is 0 Å². The molecule has 106 valence electrons. The van der Waals surface area contributed by atoms with E-state index in [2.05, 4.69) is 33.0 Å². The van der Waals surface area contributed by atoms with Gasteiger partial charge in [-0.25, -0.2) is 4.98 Å². The van der Waals surface area contributed by atoms with Crippen molar-refractivity contribution in [3.05, 3.63) is 64.8 Å². The molecule has 0 spiro atoms. The molecule has 1 atom stereocenters. The van der Waals surface area contributed by atoms with E-state index in [1.165, 1.54) is 0 Å². The molecule has 1 heterocycles. The molecule has 0 radical (unpaired) electrons. The van der Waals surface area contributed by atoms with Gasteiger partial charge in [0.15, 0.2) is 0 Å². The first-order chi connectivity index (χ1) is 10.1. The molecule has 0 aliphatic heterocycles. The number of halogens is 1. The maximum Gasteiger partial charge on any atom is 0.219 e. The third-order valence-corrected chi connectivity index (χ3v) is 3.77. The topological polar surface area (TPSA) is 48.1 Å². The number of rotatable bonds is 3. The molecule has 2 aromatic carbocycles. The Balaban J connectivity index is 1.91. The first-order valence-electron chi connectivity index (χ1n) is 6.70. The fraction of sp³-hybridized carbons (Fsp3) is 0.118. The van der Waals surface area contributed by atoms with Crippen molar-refractivity contribution in [2.75, 3.05) is 0 Å². The van der Waals surface area contributed by atoms with Crippen LogP contribution in [0.1, 0.15) is 18.5 Å². The van der Waals surface area contributed by atoms with E-state index in [1.807, 2.05) is 43.3 Å². The molecule has 1 unspecified atom stereocenters. The smallest absolute Gasteiger partial charge is 0.219 e. The number of fused-ring (bicyclic) bond motifs is 1. The van der Waals surface area contributed by atoms with E-state index < -0.39 is 0 Å². The normalized spacial score (nSPS) is 12.3. The standard InChI is InChI=1S/C17H15BrN2O/c1-11(19)12-6-7-20-17(10-12)21-16-5-3-13-8-15(18)4-2-14(13)9-16/h2-11H,19H2,1H3. The fourth-order valence-electron chi connectivity index (χ4n) is 2.14. The van der Waals surface area contributed by atoms with Crippen molar-refractivity contribution in [3.63, 3.8) is 0 Å². The van der Waals surface area contributed by atoms with Crippen LogP contribution in [0.3, 0.4) is 0 Å². The molecule has 0 aliphatic carbocycles. The lowest BCUT2D eigenvalue weighted by molar-refractivity contribution is 0.462. The van der Waals surface area contributed by atoms with Gasteiger partial charge in [-0.2, -0.15) is 0 Å². The van der Waals surface area contributed by atoms with Crippen LogP contribution in [0.4, 0.5) is 0 Å². The van der Waals surface area contributed by atoms with Crippen LogP contribution in [0.2, 0.25) is 0 Å². The zero-order valence-corrected chi connectivity index (χ0v) is 13.2. The molecular weight excluding hydrogens is 328 g/mol. The minimum atomic E-state index is -0.0377. The number of benzene rings is 2. The summed E-state index contributed by atoms with van der Waals surface area (Å²) >= 11 is 3.47. The molecule has 3 nitrogen and oxygen atoms in total. The summed E-state index contributed by atoms with van der Waals surface area (Å²) < 4.78 is 6.89. The molecule has 3 aromatic rings. The Labute approximate surface area is 131 Å². The van der Waals surface area contributed by atoms with Gasteiger partial charge in [-0.15, -0.1) is 0 Å². The number of hydrogen-bond acceptors (Lipinski definition) is 3. The quantitative estimate of drug-likeness (QED) is 0.742. The Morgan fingerprint density at radius 1 is 1.05 bits per heavy atom. The Morgan fingerprint density at radius 3 is 2.62 bits per heavy atom. The molecule has 4 heteroatoms. The summed E-state index contributed by atoms with van der Waals surface area (Å²) in [6.45, 7) is 1.94. The third-order valence-electron chi connectivity index (χ3n) is 3.28. The summed E-state index contributed by atoms with van der Waals surface area (Å²) in [7, 11) is 0. The lowest BCUT2D eigenvalue weighted by Crippen LogP contribution is -2.05. The SMILES string of the molecule is CC(N)c1ccnc(Oc2ccc3cc(Br)ccc3c2)c1. The van der Waals surface area contributed by atoms with Gasteiger partial charge in [0.25, 0.3) is 0 Å². The zero-order valence-electron chi connectivity index (χ0n) is 11.6. The lowest BCUT2D eigenvalue weighted by Gasteiger charge is -2.09. The van der Waals surface area contributed by atoms with Crippen molar-refractivity contribution < 1.29 is 4.74 Å². The van der Waals surface area contributed by atoms with E-state index in [0.29, 0.717) is 5.88 Å². The highest BCUT2D eigenvalue weighted by molar-refractivity contribution is 9.10. The number of nitrogens with two attached hydrogens (primary N) is 1. The summed E-state index contributed by atoms with van der Waals surface area (Å²) in [5.74, 6) is 1.32. The molecule has 0 saturated carbocycles. The third kappa shape index (κ3) is 3.23. The Hall–Kier alpha value is -1.91. The minimum absolute atomic E-state index is 0.0377. The van der Waals surface area contributed by atoms with Gasteiger partial charge in [-0.05, 0) is 53.6 Å². The summed E-state index contributed by atoms with van der Waals surface area (Å²) in [5.41, 5.74) is 6.88. The van der Waals surface area contributed by atoms with Crippen molar-refractivity contribution in [2.45, 2.75) is 13.0 Å². The van der Waals surface area contributed by atoms with Gasteiger partial charge < -0.3 is 10.5 Å². The predicted octanol–water partition coefficient (Wildman–Crippen LogP) is 4.81. The Bertz CT molecular complexity index is 787. The predicted molar refractivity (Wildman–Crippen MR) is 88.6 cm³/mol. The highest BCUT2D eigenvalue weighted by Crippen LogP contribution is 2.27. The number of ether oxygens (including phenoxy) is 1. The summed E-state index contributed by atoms with van der Waals surface area (Å²) in [6, 6.07) is 15.9. The minimum Gasteiger partial charge on any atom is -0.439 e. The van der Waals surface area contributed by atoms with Gasteiger partial charge in [0.1, 0.15) is 5.75 Å². The molecule has 0 saturated heterocycles. The van der Waals surface area contributed by atoms with E-state index in [4.69, 9.17) is 10.5 Å². The Kier molecular flexibility index (Phi) is 3.90. The molecule has 0 fully saturated rings. The molecule has 3 rings (SSSR count). The van der Waals surface area contributed by atoms with Gasteiger partial charge in [-0.3, -0.25) is 0 Å². The van der Waals surface area contributed by atoms with Crippen LogP contribution < -0.4 is 10.5 Å². The highest BCUT2D eigenvalue weighted by Gasteiger charge is 2.04. The van der Waals surface area contributed by atoms with Crippen LogP contribution in [0, 0.1) is 0 Å². The summed E-state index contributed by atoms with van der Waals surface area (Å²) in [4.78, 5) is 4.23. The maximum absolute atomic E-state index is 5.88. The number of pyridine rings is 1. The Morgan fingerprint density at radius 2 is 1.81 bits per heavy atom. The van der Waals surface area contributed by atoms with Crippen LogP contribution in [-0.4, -0.2) is 4.98 Å². The first-order valence-corrected chi connectivity index (χ1v) is 7.50. The van der Waals surface area contributed by atoms with Crippen molar-refractivity contribution in [1.29, 1.82) is 0 Å². The van der Waals surface area contributed by atoms with Gasteiger partial charge in [-0.1, -0.05) is 28.1 Å². The van der Waals surface area contributed by atoms with Crippen molar-refractivity contribution in [1.82, 2.24) is 4.98 Å². The van der Waals surface area contributed by atoms with E-state index in [0.717, 1.165) is 26.6 Å². The lowest BCUT2D eigenvalue weighted by atomic mass is 10.1. The highest BCUT2D eigenvalue weighted by atomic mass is 79.9. The summed E-state index contributed by atoms with van der Waals surface area (Å²) in [6.07, 6.45) is 1.71.